The van der Waals surface area contributed by atoms with E-state index in [2.05, 4.69) is 11.8 Å². The monoisotopic (exact) mass is 173 g/mol. The van der Waals surface area contributed by atoms with Crippen molar-refractivity contribution in [2.24, 2.45) is 5.41 Å². The fourth-order valence-corrected chi connectivity index (χ4v) is 2.26. The van der Waals surface area contributed by atoms with Crippen molar-refractivity contribution in [3.63, 3.8) is 0 Å². The molecule has 0 amide bonds. The molecule has 0 aromatic rings. The smallest absolute Gasteiger partial charge is 0.101 e. The summed E-state index contributed by atoms with van der Waals surface area (Å²) in [7, 11) is 0. The van der Waals surface area contributed by atoms with Gasteiger partial charge in [-0.05, 0) is 19.4 Å². The number of halogens is 1. The summed E-state index contributed by atoms with van der Waals surface area (Å²) in [6.45, 7) is 9.62. The molecule has 72 valence electrons. The molecule has 0 unspecified atom stereocenters. The largest absolute Gasteiger partial charge is 0.302 e. The predicted molar refractivity (Wildman–Crippen MR) is 50.0 cm³/mol. The van der Waals surface area contributed by atoms with Crippen LogP contribution in [-0.2, 0) is 0 Å². The van der Waals surface area contributed by atoms with E-state index in [1.54, 1.807) is 0 Å². The van der Waals surface area contributed by atoms with E-state index in [0.717, 1.165) is 32.5 Å². The third-order valence-electron chi connectivity index (χ3n) is 2.87. The molecule has 2 heteroatoms. The molecule has 1 spiro atoms. The molecule has 0 aromatic carbocycles. The second-order valence-corrected chi connectivity index (χ2v) is 3.81. The van der Waals surface area contributed by atoms with Crippen molar-refractivity contribution in [3.8, 4) is 0 Å². The number of alkyl halides is 1. The molecule has 0 atom stereocenters. The average Bonchev–Trinajstić information content (AvgIpc) is 1.98. The lowest BCUT2D eigenvalue weighted by Crippen LogP contribution is -2.62. The van der Waals surface area contributed by atoms with Crippen LogP contribution in [0.1, 0.15) is 33.6 Å². The summed E-state index contributed by atoms with van der Waals surface area (Å²) in [6, 6.07) is 0. The molecular weight excluding hydrogens is 153 g/mol. The maximum Gasteiger partial charge on any atom is 0.101 e. The van der Waals surface area contributed by atoms with E-state index in [1.165, 1.54) is 0 Å². The number of nitrogens with zero attached hydrogens (tertiary/aromatic N) is 1. The lowest BCUT2D eigenvalue weighted by atomic mass is 9.62. The Morgan fingerprint density at radius 1 is 1.33 bits per heavy atom. The van der Waals surface area contributed by atoms with E-state index in [1.807, 2.05) is 13.8 Å². The normalized spacial score (nSPS) is 27.0. The Morgan fingerprint density at radius 3 is 2.17 bits per heavy atom. The van der Waals surface area contributed by atoms with Gasteiger partial charge in [-0.3, -0.25) is 0 Å². The fraction of sp³-hybridized carbons (Fsp3) is 1.00. The van der Waals surface area contributed by atoms with Crippen LogP contribution < -0.4 is 0 Å². The van der Waals surface area contributed by atoms with Crippen LogP contribution in [0.5, 0.6) is 0 Å². The molecule has 1 aliphatic heterocycles. The maximum atomic E-state index is 12.4. The Labute approximate surface area is 74.9 Å². The van der Waals surface area contributed by atoms with E-state index in [0.29, 0.717) is 5.41 Å². The van der Waals surface area contributed by atoms with E-state index in [4.69, 9.17) is 0 Å². The Balaban J connectivity index is 0.000000336. The number of hydrogen-bond donors (Lipinski definition) is 0. The highest BCUT2D eigenvalue weighted by molar-refractivity contribution is 5.04. The van der Waals surface area contributed by atoms with Gasteiger partial charge in [0.15, 0.2) is 0 Å². The Bertz CT molecular complexity index is 133. The van der Waals surface area contributed by atoms with Gasteiger partial charge in [0.1, 0.15) is 6.17 Å². The molecule has 0 N–H and O–H groups in total. The molecular formula is C10H20FN. The van der Waals surface area contributed by atoms with Gasteiger partial charge in [0.25, 0.3) is 0 Å². The van der Waals surface area contributed by atoms with Gasteiger partial charge in [0.2, 0.25) is 0 Å². The third kappa shape index (κ3) is 1.63. The van der Waals surface area contributed by atoms with E-state index < -0.39 is 6.17 Å². The molecule has 2 aliphatic rings. The lowest BCUT2D eigenvalue weighted by molar-refractivity contribution is -0.0995. The van der Waals surface area contributed by atoms with Crippen LogP contribution in [0.15, 0.2) is 0 Å². The van der Waals surface area contributed by atoms with Gasteiger partial charge in [-0.1, -0.05) is 20.8 Å². The van der Waals surface area contributed by atoms with Gasteiger partial charge in [0, 0.05) is 18.5 Å². The van der Waals surface area contributed by atoms with Crippen LogP contribution in [0.4, 0.5) is 4.39 Å². The molecule has 0 aromatic heterocycles. The first kappa shape index (κ1) is 9.97. The Kier molecular flexibility index (Phi) is 3.10. The predicted octanol–water partition coefficient (Wildman–Crippen LogP) is 2.47. The summed E-state index contributed by atoms with van der Waals surface area (Å²) >= 11 is 0. The summed E-state index contributed by atoms with van der Waals surface area (Å²) < 4.78 is 12.4. The molecule has 1 nitrogen and oxygen atoms in total. The van der Waals surface area contributed by atoms with Crippen molar-refractivity contribution in [2.45, 2.75) is 39.8 Å². The first-order valence-electron chi connectivity index (χ1n) is 5.10. The van der Waals surface area contributed by atoms with Crippen LogP contribution in [0.25, 0.3) is 0 Å². The van der Waals surface area contributed by atoms with Gasteiger partial charge in [-0.25, -0.2) is 4.39 Å². The van der Waals surface area contributed by atoms with Crippen LogP contribution >= 0.6 is 0 Å². The van der Waals surface area contributed by atoms with Crippen LogP contribution in [0.3, 0.4) is 0 Å². The highest BCUT2D eigenvalue weighted by Gasteiger charge is 2.51. The molecule has 2 fully saturated rings. The van der Waals surface area contributed by atoms with Crippen molar-refractivity contribution in [1.29, 1.82) is 0 Å². The quantitative estimate of drug-likeness (QED) is 0.589. The second-order valence-electron chi connectivity index (χ2n) is 3.81. The number of rotatable bonds is 1. The Hall–Kier alpha value is -0.110. The van der Waals surface area contributed by atoms with Crippen LogP contribution in [-0.4, -0.2) is 30.7 Å². The molecule has 1 aliphatic carbocycles. The zero-order valence-corrected chi connectivity index (χ0v) is 8.44. The molecule has 2 rings (SSSR count). The maximum absolute atomic E-state index is 12.4. The van der Waals surface area contributed by atoms with Gasteiger partial charge >= 0.3 is 0 Å². The van der Waals surface area contributed by atoms with Crippen LogP contribution in [0.2, 0.25) is 0 Å². The third-order valence-corrected chi connectivity index (χ3v) is 2.87. The van der Waals surface area contributed by atoms with Crippen molar-refractivity contribution in [2.75, 3.05) is 19.6 Å². The molecule has 1 heterocycles. The summed E-state index contributed by atoms with van der Waals surface area (Å²) in [4.78, 5) is 2.38. The Morgan fingerprint density at radius 2 is 1.83 bits per heavy atom. The summed E-state index contributed by atoms with van der Waals surface area (Å²) in [5.74, 6) is 0. The van der Waals surface area contributed by atoms with Crippen molar-refractivity contribution < 1.29 is 4.39 Å². The fourth-order valence-electron chi connectivity index (χ4n) is 2.26. The lowest BCUT2D eigenvalue weighted by Gasteiger charge is -2.57. The van der Waals surface area contributed by atoms with E-state index in [9.17, 15) is 4.39 Å². The van der Waals surface area contributed by atoms with Gasteiger partial charge < -0.3 is 4.90 Å². The standard InChI is InChI=1S/C8H14FN.C2H6/c1-2-10-5-8(6-10)3-7(9)4-8;1-2/h7H,2-6H2,1H3;1-2H3. The summed E-state index contributed by atoms with van der Waals surface area (Å²) in [5.41, 5.74) is 0.440. The summed E-state index contributed by atoms with van der Waals surface area (Å²) in [5, 5.41) is 0. The minimum absolute atomic E-state index is 0.440. The first-order chi connectivity index (χ1) is 5.74. The zero-order valence-electron chi connectivity index (χ0n) is 8.44. The minimum Gasteiger partial charge on any atom is -0.302 e. The number of likely N-dealkylation sites (tertiary alicyclic amines) is 1. The minimum atomic E-state index is -0.473. The molecule has 12 heavy (non-hydrogen) atoms. The molecule has 0 radical (unpaired) electrons. The van der Waals surface area contributed by atoms with E-state index >= 15 is 0 Å². The topological polar surface area (TPSA) is 3.24 Å². The SMILES string of the molecule is CC.CCN1CC2(CC(F)C2)C1. The van der Waals surface area contributed by atoms with E-state index in [-0.39, 0.29) is 0 Å². The van der Waals surface area contributed by atoms with Gasteiger partial charge in [0.05, 0.1) is 0 Å². The van der Waals surface area contributed by atoms with Crippen molar-refractivity contribution in [3.05, 3.63) is 0 Å². The highest BCUT2D eigenvalue weighted by Crippen LogP contribution is 2.49. The molecule has 1 saturated heterocycles. The second kappa shape index (κ2) is 3.73. The average molecular weight is 173 g/mol. The number of hydrogen-bond acceptors (Lipinski definition) is 1. The van der Waals surface area contributed by atoms with Crippen molar-refractivity contribution >= 4 is 0 Å². The zero-order chi connectivity index (χ0) is 9.19. The first-order valence-corrected chi connectivity index (χ1v) is 5.10. The van der Waals surface area contributed by atoms with Gasteiger partial charge in [-0.2, -0.15) is 0 Å². The molecule has 0 bridgehead atoms. The molecule has 1 saturated carbocycles. The highest BCUT2D eigenvalue weighted by atomic mass is 19.1. The van der Waals surface area contributed by atoms with Gasteiger partial charge in [-0.15, -0.1) is 0 Å². The van der Waals surface area contributed by atoms with Crippen molar-refractivity contribution in [1.82, 2.24) is 4.90 Å². The summed E-state index contributed by atoms with van der Waals surface area (Å²) in [6.07, 6.45) is 1.20. The van der Waals surface area contributed by atoms with Crippen LogP contribution in [0, 0.1) is 5.41 Å².